The largest absolute Gasteiger partial charge is 0.459 e. The fourth-order valence-electron chi connectivity index (χ4n) is 3.82. The van der Waals surface area contributed by atoms with Crippen LogP contribution < -0.4 is 15.5 Å². The quantitative estimate of drug-likeness (QED) is 0.368. The van der Waals surface area contributed by atoms with E-state index in [0.29, 0.717) is 29.0 Å². The van der Waals surface area contributed by atoms with Gasteiger partial charge in [0.05, 0.1) is 17.5 Å². The van der Waals surface area contributed by atoms with Crippen molar-refractivity contribution in [2.24, 2.45) is 0 Å². The maximum atomic E-state index is 13.1. The van der Waals surface area contributed by atoms with Crippen LogP contribution in [0.5, 0.6) is 0 Å². The second-order valence-electron chi connectivity index (χ2n) is 7.79. The Hall–Kier alpha value is -4.30. The van der Waals surface area contributed by atoms with E-state index in [1.165, 1.54) is 18.0 Å². The molecule has 3 aromatic carbocycles. The van der Waals surface area contributed by atoms with Gasteiger partial charge in [0.1, 0.15) is 0 Å². The third-order valence-corrected chi connectivity index (χ3v) is 6.68. The van der Waals surface area contributed by atoms with Crippen LogP contribution in [0.15, 0.2) is 99.3 Å². The Morgan fingerprint density at radius 3 is 2.34 bits per heavy atom. The van der Waals surface area contributed by atoms with Crippen molar-refractivity contribution >= 4 is 46.5 Å². The van der Waals surface area contributed by atoms with Gasteiger partial charge in [0.2, 0.25) is 0 Å². The molecular formula is C27H21N3O4S. The van der Waals surface area contributed by atoms with Gasteiger partial charge in [-0.15, -0.1) is 0 Å². The summed E-state index contributed by atoms with van der Waals surface area (Å²) in [6.07, 6.45) is 1.43. The monoisotopic (exact) mass is 483 g/mol. The first-order valence-corrected chi connectivity index (χ1v) is 11.8. The van der Waals surface area contributed by atoms with Gasteiger partial charge in [0.15, 0.2) is 5.76 Å². The molecule has 1 aliphatic rings. The fraction of sp³-hybridized carbons (Fsp3) is 0.0741. The lowest BCUT2D eigenvalue weighted by Gasteiger charge is -2.21. The zero-order chi connectivity index (χ0) is 24.4. The lowest BCUT2D eigenvalue weighted by Crippen LogP contribution is -2.30. The van der Waals surface area contributed by atoms with Crippen molar-refractivity contribution in [3.05, 3.63) is 102 Å². The van der Waals surface area contributed by atoms with E-state index in [4.69, 9.17) is 4.42 Å². The fourth-order valence-corrected chi connectivity index (χ4v) is 4.94. The van der Waals surface area contributed by atoms with Crippen LogP contribution in [0.3, 0.4) is 0 Å². The lowest BCUT2D eigenvalue weighted by molar-refractivity contribution is 0.0981. The highest BCUT2D eigenvalue weighted by molar-refractivity contribution is 7.99. The summed E-state index contributed by atoms with van der Waals surface area (Å²) in [7, 11) is 0. The number of nitrogens with one attached hydrogen (secondary N) is 2. The molecule has 0 saturated heterocycles. The number of benzene rings is 3. The highest BCUT2D eigenvalue weighted by Crippen LogP contribution is 2.42. The van der Waals surface area contributed by atoms with Crippen LogP contribution in [-0.4, -0.2) is 24.3 Å². The van der Waals surface area contributed by atoms with Crippen molar-refractivity contribution in [2.75, 3.05) is 22.1 Å². The van der Waals surface area contributed by atoms with Crippen LogP contribution in [0.25, 0.3) is 0 Å². The molecule has 0 atom stereocenters. The number of hydrogen-bond acceptors (Lipinski definition) is 5. The van der Waals surface area contributed by atoms with E-state index in [2.05, 4.69) is 10.6 Å². The summed E-state index contributed by atoms with van der Waals surface area (Å²) in [4.78, 5) is 41.5. The van der Waals surface area contributed by atoms with Crippen LogP contribution in [0.2, 0.25) is 0 Å². The Morgan fingerprint density at radius 1 is 0.857 bits per heavy atom. The standard InChI is InChI=1S/C27H21N3O4S/c1-2-30-21-14-13-19(16-24(21)35-23-8-4-3-6-20(23)27(30)33)29-25(31)17-9-11-18(12-10-17)28-26(32)22-7-5-15-34-22/h3-16H,2H2,1H3,(H,28,32)(H,29,31). The van der Waals surface area contributed by atoms with Crippen molar-refractivity contribution < 1.29 is 18.8 Å². The van der Waals surface area contributed by atoms with Crippen LogP contribution in [0.1, 0.15) is 38.2 Å². The van der Waals surface area contributed by atoms with Crippen molar-refractivity contribution in [3.63, 3.8) is 0 Å². The molecule has 7 nitrogen and oxygen atoms in total. The van der Waals surface area contributed by atoms with Gasteiger partial charge in [-0.05, 0) is 73.7 Å². The third kappa shape index (κ3) is 4.56. The molecule has 1 aromatic heterocycles. The molecule has 0 unspecified atom stereocenters. The number of rotatable bonds is 5. The Kier molecular flexibility index (Phi) is 6.12. The molecular weight excluding hydrogens is 462 g/mol. The predicted octanol–water partition coefficient (Wildman–Crippen LogP) is 5.92. The molecule has 0 radical (unpaired) electrons. The van der Waals surface area contributed by atoms with Crippen LogP contribution >= 0.6 is 11.8 Å². The number of anilines is 3. The van der Waals surface area contributed by atoms with E-state index in [1.54, 1.807) is 47.4 Å². The maximum absolute atomic E-state index is 13.1. The number of amides is 3. The topological polar surface area (TPSA) is 91.7 Å². The molecule has 174 valence electrons. The first-order valence-electron chi connectivity index (χ1n) is 11.0. The van der Waals surface area contributed by atoms with Gasteiger partial charge in [0, 0.05) is 33.3 Å². The zero-order valence-corrected chi connectivity index (χ0v) is 19.6. The summed E-state index contributed by atoms with van der Waals surface area (Å²) >= 11 is 1.51. The predicted molar refractivity (Wildman–Crippen MR) is 135 cm³/mol. The second kappa shape index (κ2) is 9.52. The summed E-state index contributed by atoms with van der Waals surface area (Å²) in [5.74, 6) is -0.476. The van der Waals surface area contributed by atoms with Gasteiger partial charge in [-0.3, -0.25) is 14.4 Å². The minimum atomic E-state index is -0.365. The van der Waals surface area contributed by atoms with Crippen LogP contribution in [-0.2, 0) is 0 Å². The molecule has 8 heteroatoms. The zero-order valence-electron chi connectivity index (χ0n) is 18.8. The van der Waals surface area contributed by atoms with Crippen molar-refractivity contribution in [1.29, 1.82) is 0 Å². The summed E-state index contributed by atoms with van der Waals surface area (Å²) in [5, 5.41) is 5.64. The number of carbonyl (C=O) groups excluding carboxylic acids is 3. The van der Waals surface area contributed by atoms with E-state index < -0.39 is 0 Å². The average Bonchev–Trinajstić information content (AvgIpc) is 3.38. The molecule has 0 fully saturated rings. The summed E-state index contributed by atoms with van der Waals surface area (Å²) in [5.41, 5.74) is 3.10. The van der Waals surface area contributed by atoms with E-state index in [-0.39, 0.29) is 23.5 Å². The Labute approximate surface area is 206 Å². The first kappa shape index (κ1) is 22.5. The van der Waals surface area contributed by atoms with E-state index in [0.717, 1.165) is 15.5 Å². The minimum Gasteiger partial charge on any atom is -0.459 e. The van der Waals surface area contributed by atoms with Crippen LogP contribution in [0.4, 0.5) is 17.1 Å². The normalized spacial score (nSPS) is 12.4. The second-order valence-corrected chi connectivity index (χ2v) is 8.88. The lowest BCUT2D eigenvalue weighted by atomic mass is 10.1. The SMILES string of the molecule is CCN1C(=O)c2ccccc2Sc2cc(NC(=O)c3ccc(NC(=O)c4ccco4)cc3)ccc21. The summed E-state index contributed by atoms with van der Waals surface area (Å²) in [6.45, 7) is 2.48. The maximum Gasteiger partial charge on any atom is 0.291 e. The molecule has 0 bridgehead atoms. The Balaban J connectivity index is 1.33. The Bertz CT molecular complexity index is 1410. The molecule has 3 amide bonds. The number of hydrogen-bond donors (Lipinski definition) is 2. The minimum absolute atomic E-state index is 0.0367. The summed E-state index contributed by atoms with van der Waals surface area (Å²) in [6, 6.07) is 22.9. The molecule has 0 spiro atoms. The van der Waals surface area contributed by atoms with E-state index >= 15 is 0 Å². The number of furan rings is 1. The summed E-state index contributed by atoms with van der Waals surface area (Å²) < 4.78 is 5.08. The van der Waals surface area contributed by atoms with E-state index in [1.807, 2.05) is 43.3 Å². The van der Waals surface area contributed by atoms with Gasteiger partial charge >= 0.3 is 0 Å². The van der Waals surface area contributed by atoms with Gasteiger partial charge in [0.25, 0.3) is 17.7 Å². The van der Waals surface area contributed by atoms with Crippen molar-refractivity contribution in [2.45, 2.75) is 16.7 Å². The molecule has 0 aliphatic carbocycles. The van der Waals surface area contributed by atoms with E-state index in [9.17, 15) is 14.4 Å². The van der Waals surface area contributed by atoms with Gasteiger partial charge in [-0.1, -0.05) is 23.9 Å². The molecule has 2 N–H and O–H groups in total. The van der Waals surface area contributed by atoms with Gasteiger partial charge in [-0.2, -0.15) is 0 Å². The molecule has 2 heterocycles. The number of nitrogens with zero attached hydrogens (tertiary/aromatic N) is 1. The number of carbonyl (C=O) groups is 3. The van der Waals surface area contributed by atoms with Gasteiger partial charge in [-0.25, -0.2) is 0 Å². The molecule has 5 rings (SSSR count). The molecule has 4 aromatic rings. The van der Waals surface area contributed by atoms with Crippen LogP contribution in [0, 0.1) is 0 Å². The van der Waals surface area contributed by atoms with Crippen molar-refractivity contribution in [1.82, 2.24) is 0 Å². The highest BCUT2D eigenvalue weighted by atomic mass is 32.2. The first-order chi connectivity index (χ1) is 17.0. The molecule has 1 aliphatic heterocycles. The Morgan fingerprint density at radius 2 is 1.60 bits per heavy atom. The van der Waals surface area contributed by atoms with Gasteiger partial charge < -0.3 is 20.0 Å². The molecule has 0 saturated carbocycles. The average molecular weight is 484 g/mol. The molecule has 35 heavy (non-hydrogen) atoms. The smallest absolute Gasteiger partial charge is 0.291 e. The number of fused-ring (bicyclic) bond motifs is 2. The van der Waals surface area contributed by atoms with Crippen molar-refractivity contribution in [3.8, 4) is 0 Å². The highest BCUT2D eigenvalue weighted by Gasteiger charge is 2.26. The third-order valence-electron chi connectivity index (χ3n) is 5.56.